The van der Waals surface area contributed by atoms with Crippen molar-refractivity contribution < 1.29 is 4.79 Å². The molecule has 17 heavy (non-hydrogen) atoms. The lowest BCUT2D eigenvalue weighted by Crippen LogP contribution is -2.23. The van der Waals surface area contributed by atoms with Crippen LogP contribution in [-0.4, -0.2) is 15.7 Å². The lowest BCUT2D eigenvalue weighted by Gasteiger charge is -2.12. The van der Waals surface area contributed by atoms with Gasteiger partial charge in [-0.25, -0.2) is 0 Å². The highest BCUT2D eigenvalue weighted by Gasteiger charge is 2.14. The number of halogens is 1. The average Bonchev–Trinajstić information content (AvgIpc) is 2.81. The fourth-order valence-electron chi connectivity index (χ4n) is 1.44. The number of anilines is 1. The van der Waals surface area contributed by atoms with Crippen LogP contribution in [0.1, 0.15) is 13.0 Å². The molecule has 1 amide bonds. The van der Waals surface area contributed by atoms with Gasteiger partial charge in [0.2, 0.25) is 5.91 Å². The smallest absolute Gasteiger partial charge is 0.248 e. The first-order valence-electron chi connectivity index (χ1n) is 5.22. The van der Waals surface area contributed by atoms with E-state index in [-0.39, 0.29) is 11.9 Å². The fraction of sp³-hybridized carbons (Fsp3) is 0.167. The summed E-state index contributed by atoms with van der Waals surface area (Å²) in [7, 11) is 0. The number of benzene rings is 1. The second-order valence-electron chi connectivity index (χ2n) is 3.66. The Kier molecular flexibility index (Phi) is 3.44. The molecular weight excluding hydrogens is 238 g/mol. The van der Waals surface area contributed by atoms with Gasteiger partial charge in [0, 0.05) is 23.1 Å². The summed E-state index contributed by atoms with van der Waals surface area (Å²) in [6.45, 7) is 1.78. The van der Waals surface area contributed by atoms with Crippen molar-refractivity contribution in [1.29, 1.82) is 0 Å². The third-order valence-corrected chi connectivity index (χ3v) is 2.63. The standard InChI is InChI=1S/C12H12ClN3O/c1-9(16-7-3-6-14-16)12(17)15-11-5-2-4-10(13)8-11/h2-9H,1H3,(H,15,17). The van der Waals surface area contributed by atoms with E-state index >= 15 is 0 Å². The molecule has 1 unspecified atom stereocenters. The Morgan fingerprint density at radius 3 is 2.94 bits per heavy atom. The molecule has 1 heterocycles. The van der Waals surface area contributed by atoms with Crippen LogP contribution in [0.5, 0.6) is 0 Å². The van der Waals surface area contributed by atoms with E-state index < -0.39 is 0 Å². The van der Waals surface area contributed by atoms with Crippen molar-refractivity contribution in [2.45, 2.75) is 13.0 Å². The molecule has 88 valence electrons. The zero-order valence-corrected chi connectivity index (χ0v) is 10.1. The van der Waals surface area contributed by atoms with E-state index in [1.54, 1.807) is 54.3 Å². The van der Waals surface area contributed by atoms with E-state index in [0.717, 1.165) is 0 Å². The Hall–Kier alpha value is -1.81. The largest absolute Gasteiger partial charge is 0.324 e. The first-order chi connectivity index (χ1) is 8.16. The summed E-state index contributed by atoms with van der Waals surface area (Å²) in [5.41, 5.74) is 0.682. The van der Waals surface area contributed by atoms with Gasteiger partial charge in [-0.05, 0) is 31.2 Å². The van der Waals surface area contributed by atoms with Gasteiger partial charge in [0.1, 0.15) is 6.04 Å². The highest BCUT2D eigenvalue weighted by Crippen LogP contribution is 2.16. The zero-order chi connectivity index (χ0) is 12.3. The monoisotopic (exact) mass is 249 g/mol. The second kappa shape index (κ2) is 5.01. The number of hydrogen-bond donors (Lipinski definition) is 1. The predicted molar refractivity (Wildman–Crippen MR) is 67.0 cm³/mol. The first-order valence-corrected chi connectivity index (χ1v) is 5.60. The molecular formula is C12H12ClN3O. The van der Waals surface area contributed by atoms with Crippen molar-refractivity contribution in [2.75, 3.05) is 5.32 Å². The van der Waals surface area contributed by atoms with Gasteiger partial charge in [-0.2, -0.15) is 5.10 Å². The van der Waals surface area contributed by atoms with E-state index in [2.05, 4.69) is 10.4 Å². The van der Waals surface area contributed by atoms with E-state index in [1.807, 2.05) is 0 Å². The minimum Gasteiger partial charge on any atom is -0.324 e. The lowest BCUT2D eigenvalue weighted by atomic mass is 10.2. The van der Waals surface area contributed by atoms with Crippen LogP contribution in [-0.2, 0) is 4.79 Å². The SMILES string of the molecule is CC(C(=O)Nc1cccc(Cl)c1)n1cccn1. The number of aromatic nitrogens is 2. The number of hydrogen-bond acceptors (Lipinski definition) is 2. The van der Waals surface area contributed by atoms with Crippen molar-refractivity contribution in [3.63, 3.8) is 0 Å². The minimum absolute atomic E-state index is 0.129. The van der Waals surface area contributed by atoms with E-state index in [1.165, 1.54) is 0 Å². The molecule has 0 aliphatic rings. The normalized spacial score (nSPS) is 12.1. The summed E-state index contributed by atoms with van der Waals surface area (Å²) >= 11 is 5.84. The molecule has 1 aromatic carbocycles. The van der Waals surface area contributed by atoms with Gasteiger partial charge in [0.25, 0.3) is 0 Å². The Morgan fingerprint density at radius 1 is 1.47 bits per heavy atom. The van der Waals surface area contributed by atoms with Gasteiger partial charge in [0.05, 0.1) is 0 Å². The van der Waals surface area contributed by atoms with Crippen LogP contribution in [0.3, 0.4) is 0 Å². The number of nitrogens with zero attached hydrogens (tertiary/aromatic N) is 2. The Balaban J connectivity index is 2.07. The molecule has 0 aliphatic heterocycles. The molecule has 1 N–H and O–H groups in total. The molecule has 0 fully saturated rings. The number of amides is 1. The quantitative estimate of drug-likeness (QED) is 0.909. The van der Waals surface area contributed by atoms with Crippen LogP contribution in [0.25, 0.3) is 0 Å². The van der Waals surface area contributed by atoms with Gasteiger partial charge in [-0.15, -0.1) is 0 Å². The lowest BCUT2D eigenvalue weighted by molar-refractivity contribution is -0.119. The number of rotatable bonds is 3. The zero-order valence-electron chi connectivity index (χ0n) is 9.30. The van der Waals surface area contributed by atoms with E-state index in [0.29, 0.717) is 10.7 Å². The summed E-state index contributed by atoms with van der Waals surface area (Å²) in [5, 5.41) is 7.40. The van der Waals surface area contributed by atoms with Crippen LogP contribution in [0, 0.1) is 0 Å². The molecule has 0 radical (unpaired) electrons. The van der Waals surface area contributed by atoms with Crippen molar-refractivity contribution in [2.24, 2.45) is 0 Å². The maximum atomic E-state index is 11.9. The van der Waals surface area contributed by atoms with Gasteiger partial charge >= 0.3 is 0 Å². The molecule has 2 aromatic rings. The predicted octanol–water partition coefficient (Wildman–Crippen LogP) is 2.74. The Morgan fingerprint density at radius 2 is 2.29 bits per heavy atom. The Bertz CT molecular complexity index is 510. The maximum Gasteiger partial charge on any atom is 0.248 e. The minimum atomic E-state index is -0.357. The summed E-state index contributed by atoms with van der Waals surface area (Å²) in [5.74, 6) is -0.129. The Labute approximate surface area is 104 Å². The third kappa shape index (κ3) is 2.85. The van der Waals surface area contributed by atoms with E-state index in [4.69, 9.17) is 11.6 Å². The highest BCUT2D eigenvalue weighted by molar-refractivity contribution is 6.30. The number of carbonyl (C=O) groups excluding carboxylic acids is 1. The van der Waals surface area contributed by atoms with Crippen molar-refractivity contribution in [1.82, 2.24) is 9.78 Å². The fourth-order valence-corrected chi connectivity index (χ4v) is 1.63. The molecule has 2 rings (SSSR count). The topological polar surface area (TPSA) is 46.9 Å². The average molecular weight is 250 g/mol. The van der Waals surface area contributed by atoms with Crippen LogP contribution < -0.4 is 5.32 Å². The molecule has 1 aromatic heterocycles. The molecule has 0 aliphatic carbocycles. The van der Waals surface area contributed by atoms with Crippen LogP contribution in [0.2, 0.25) is 5.02 Å². The van der Waals surface area contributed by atoms with Crippen molar-refractivity contribution >= 4 is 23.2 Å². The van der Waals surface area contributed by atoms with Gasteiger partial charge < -0.3 is 5.32 Å². The first kappa shape index (κ1) is 11.7. The molecule has 0 saturated carbocycles. The van der Waals surface area contributed by atoms with Gasteiger partial charge in [-0.1, -0.05) is 17.7 Å². The third-order valence-electron chi connectivity index (χ3n) is 2.39. The molecule has 5 heteroatoms. The number of carbonyl (C=O) groups is 1. The second-order valence-corrected chi connectivity index (χ2v) is 4.10. The van der Waals surface area contributed by atoms with Crippen LogP contribution in [0.15, 0.2) is 42.7 Å². The summed E-state index contributed by atoms with van der Waals surface area (Å²) < 4.78 is 1.60. The summed E-state index contributed by atoms with van der Waals surface area (Å²) in [6.07, 6.45) is 3.39. The van der Waals surface area contributed by atoms with Gasteiger partial charge in [-0.3, -0.25) is 9.48 Å². The highest BCUT2D eigenvalue weighted by atomic mass is 35.5. The summed E-state index contributed by atoms with van der Waals surface area (Å²) in [4.78, 5) is 11.9. The van der Waals surface area contributed by atoms with Gasteiger partial charge in [0.15, 0.2) is 0 Å². The number of nitrogens with one attached hydrogen (secondary N) is 1. The van der Waals surface area contributed by atoms with Crippen molar-refractivity contribution in [3.8, 4) is 0 Å². The molecule has 0 spiro atoms. The maximum absolute atomic E-state index is 11.9. The molecule has 0 bridgehead atoms. The molecule has 4 nitrogen and oxygen atoms in total. The molecule has 1 atom stereocenters. The van der Waals surface area contributed by atoms with E-state index in [9.17, 15) is 4.79 Å². The van der Waals surface area contributed by atoms with Crippen molar-refractivity contribution in [3.05, 3.63) is 47.7 Å². The molecule has 0 saturated heterocycles. The van der Waals surface area contributed by atoms with Crippen LogP contribution in [0.4, 0.5) is 5.69 Å². The summed E-state index contributed by atoms with van der Waals surface area (Å²) in [6, 6.07) is 8.46. The van der Waals surface area contributed by atoms with Crippen LogP contribution >= 0.6 is 11.6 Å².